The molecule has 0 saturated heterocycles. The molecule has 1 aromatic carbocycles. The van der Waals surface area contributed by atoms with E-state index in [0.717, 1.165) is 11.3 Å². The number of hydrogen-bond donors (Lipinski definition) is 0. The van der Waals surface area contributed by atoms with Crippen molar-refractivity contribution in [2.24, 2.45) is 0 Å². The molecule has 0 unspecified atom stereocenters. The van der Waals surface area contributed by atoms with Gasteiger partial charge in [0.1, 0.15) is 0 Å². The Bertz CT molecular complexity index is 631. The van der Waals surface area contributed by atoms with Gasteiger partial charge in [0.05, 0.1) is 0 Å². The molecule has 0 bridgehead atoms. The maximum Gasteiger partial charge on any atom is 0.0289 e. The number of pyridine rings is 1. The average molecular weight is 417 g/mol. The molecule has 2 aromatic heterocycles. The maximum absolute atomic E-state index is 4.47. The molecule has 0 N–H and O–H groups in total. The molecule has 87 valence electrons. The molecule has 3 rings (SSSR count). The fourth-order valence-corrected chi connectivity index (χ4v) is 2.76. The van der Waals surface area contributed by atoms with Crippen molar-refractivity contribution < 1.29 is 20.1 Å². The SMILES string of the molecule is Cc1cc2c(-c3[c-]cccc3)nccc2s1.[Ir]. The summed E-state index contributed by atoms with van der Waals surface area (Å²) < 4.78 is 1.29. The van der Waals surface area contributed by atoms with Gasteiger partial charge >= 0.3 is 0 Å². The molecule has 0 aliphatic rings. The van der Waals surface area contributed by atoms with E-state index in [-0.39, 0.29) is 20.1 Å². The first kappa shape index (κ1) is 12.4. The second-order valence-electron chi connectivity index (χ2n) is 3.70. The quantitative estimate of drug-likeness (QED) is 0.545. The molecule has 0 aliphatic heterocycles. The third-order valence-corrected chi connectivity index (χ3v) is 3.55. The van der Waals surface area contributed by atoms with Gasteiger partial charge in [0.2, 0.25) is 0 Å². The molecule has 0 saturated carbocycles. The summed E-state index contributed by atoms with van der Waals surface area (Å²) in [6, 6.07) is 15.5. The van der Waals surface area contributed by atoms with Gasteiger partial charge in [-0.3, -0.25) is 0 Å². The smallest absolute Gasteiger partial charge is 0.0289 e. The number of hydrogen-bond acceptors (Lipinski definition) is 2. The number of aryl methyl sites for hydroxylation is 1. The molecular weight excluding hydrogens is 406 g/mol. The van der Waals surface area contributed by atoms with E-state index >= 15 is 0 Å². The normalized spacial score (nSPS) is 10.2. The van der Waals surface area contributed by atoms with Crippen molar-refractivity contribution in [3.05, 3.63) is 53.5 Å². The van der Waals surface area contributed by atoms with Crippen LogP contribution in [0.5, 0.6) is 0 Å². The van der Waals surface area contributed by atoms with Crippen LogP contribution >= 0.6 is 11.3 Å². The number of rotatable bonds is 1. The summed E-state index contributed by atoms with van der Waals surface area (Å²) >= 11 is 1.81. The van der Waals surface area contributed by atoms with Gasteiger partial charge in [0, 0.05) is 35.9 Å². The van der Waals surface area contributed by atoms with Gasteiger partial charge in [-0.1, -0.05) is 0 Å². The average Bonchev–Trinajstić information content (AvgIpc) is 2.70. The second-order valence-corrected chi connectivity index (χ2v) is 4.99. The molecule has 0 aliphatic carbocycles. The van der Waals surface area contributed by atoms with Crippen molar-refractivity contribution in [1.29, 1.82) is 0 Å². The summed E-state index contributed by atoms with van der Waals surface area (Å²) in [5.41, 5.74) is 2.09. The van der Waals surface area contributed by atoms with Crippen LogP contribution < -0.4 is 0 Å². The largest absolute Gasteiger partial charge is 0.304 e. The van der Waals surface area contributed by atoms with Crippen molar-refractivity contribution >= 4 is 21.4 Å². The molecule has 0 atom stereocenters. The molecule has 3 aromatic rings. The van der Waals surface area contributed by atoms with Gasteiger partial charge < -0.3 is 4.98 Å². The molecule has 1 nitrogen and oxygen atoms in total. The topological polar surface area (TPSA) is 12.9 Å². The minimum absolute atomic E-state index is 0. The van der Waals surface area contributed by atoms with Crippen molar-refractivity contribution in [3.8, 4) is 11.3 Å². The third kappa shape index (κ3) is 2.32. The van der Waals surface area contributed by atoms with Gasteiger partial charge in [-0.15, -0.1) is 47.2 Å². The maximum atomic E-state index is 4.47. The Morgan fingerprint density at radius 3 is 2.88 bits per heavy atom. The van der Waals surface area contributed by atoms with Gasteiger partial charge in [-0.25, -0.2) is 0 Å². The van der Waals surface area contributed by atoms with E-state index in [1.165, 1.54) is 15.0 Å². The standard InChI is InChI=1S/C14H10NS.Ir/c1-10-9-12-13(16-10)7-8-15-14(12)11-5-3-2-4-6-11;/h2-5,7-9H,1H3;/q-1;. The fraction of sp³-hybridized carbons (Fsp3) is 0.0714. The first-order valence-corrected chi connectivity index (χ1v) is 5.98. The van der Waals surface area contributed by atoms with Crippen LogP contribution in [0.15, 0.2) is 42.6 Å². The van der Waals surface area contributed by atoms with Crippen LogP contribution in [0.3, 0.4) is 0 Å². The predicted octanol–water partition coefficient (Wildman–Crippen LogP) is 4.07. The minimum Gasteiger partial charge on any atom is -0.304 e. The van der Waals surface area contributed by atoms with Gasteiger partial charge in [-0.2, -0.15) is 0 Å². The van der Waals surface area contributed by atoms with Crippen molar-refractivity contribution in [2.75, 3.05) is 0 Å². The van der Waals surface area contributed by atoms with E-state index in [0.29, 0.717) is 0 Å². The monoisotopic (exact) mass is 417 g/mol. The second kappa shape index (κ2) is 5.09. The van der Waals surface area contributed by atoms with E-state index in [2.05, 4.69) is 36.2 Å². The van der Waals surface area contributed by atoms with Gasteiger partial charge in [0.25, 0.3) is 0 Å². The van der Waals surface area contributed by atoms with E-state index < -0.39 is 0 Å². The molecule has 0 spiro atoms. The Labute approximate surface area is 118 Å². The van der Waals surface area contributed by atoms with Crippen LogP contribution in [0.25, 0.3) is 21.3 Å². The summed E-state index contributed by atoms with van der Waals surface area (Å²) in [7, 11) is 0. The predicted molar refractivity (Wildman–Crippen MR) is 68.6 cm³/mol. The van der Waals surface area contributed by atoms with Crippen LogP contribution in [-0.2, 0) is 20.1 Å². The number of fused-ring (bicyclic) bond motifs is 1. The zero-order valence-electron chi connectivity index (χ0n) is 9.23. The molecule has 17 heavy (non-hydrogen) atoms. The van der Waals surface area contributed by atoms with Crippen LogP contribution in [-0.4, -0.2) is 4.98 Å². The van der Waals surface area contributed by atoms with E-state index in [1.54, 1.807) is 0 Å². The number of aromatic nitrogens is 1. The zero-order chi connectivity index (χ0) is 11.0. The van der Waals surface area contributed by atoms with Crippen molar-refractivity contribution in [3.63, 3.8) is 0 Å². The first-order valence-electron chi connectivity index (χ1n) is 5.17. The third-order valence-electron chi connectivity index (χ3n) is 2.53. The summed E-state index contributed by atoms with van der Waals surface area (Å²) in [6.45, 7) is 2.13. The van der Waals surface area contributed by atoms with Gasteiger partial charge in [0.15, 0.2) is 0 Å². The number of benzene rings is 1. The fourth-order valence-electron chi connectivity index (χ4n) is 1.85. The van der Waals surface area contributed by atoms with Crippen molar-refractivity contribution in [2.45, 2.75) is 6.92 Å². The van der Waals surface area contributed by atoms with Crippen LogP contribution in [0, 0.1) is 13.0 Å². The Morgan fingerprint density at radius 1 is 1.24 bits per heavy atom. The van der Waals surface area contributed by atoms with E-state index in [9.17, 15) is 0 Å². The summed E-state index contributed by atoms with van der Waals surface area (Å²) in [6.07, 6.45) is 1.87. The van der Waals surface area contributed by atoms with Gasteiger partial charge in [-0.05, 0) is 30.1 Å². The first-order chi connectivity index (χ1) is 7.84. The number of thiophene rings is 1. The molecular formula is C14H10IrNS-. The molecule has 2 heterocycles. The molecule has 1 radical (unpaired) electrons. The summed E-state index contributed by atoms with van der Waals surface area (Å²) in [5.74, 6) is 0. The molecule has 3 heteroatoms. The van der Waals surface area contributed by atoms with Crippen LogP contribution in [0.4, 0.5) is 0 Å². The Balaban J connectivity index is 0.00000108. The Kier molecular flexibility index (Phi) is 3.72. The molecule has 0 fully saturated rings. The van der Waals surface area contributed by atoms with Crippen LogP contribution in [0.1, 0.15) is 4.88 Å². The molecule has 0 amide bonds. The Morgan fingerprint density at radius 2 is 2.12 bits per heavy atom. The van der Waals surface area contributed by atoms with E-state index in [1.807, 2.05) is 35.7 Å². The minimum atomic E-state index is 0. The van der Waals surface area contributed by atoms with E-state index in [4.69, 9.17) is 0 Å². The Hall–Kier alpha value is -1.02. The summed E-state index contributed by atoms with van der Waals surface area (Å²) in [5, 5.41) is 1.23. The zero-order valence-corrected chi connectivity index (χ0v) is 12.4. The van der Waals surface area contributed by atoms with Crippen LogP contribution in [0.2, 0.25) is 0 Å². The number of nitrogens with zero attached hydrogens (tertiary/aromatic N) is 1. The summed E-state index contributed by atoms with van der Waals surface area (Å²) in [4.78, 5) is 5.79. The van der Waals surface area contributed by atoms with Crippen molar-refractivity contribution in [1.82, 2.24) is 4.98 Å².